The van der Waals surface area contributed by atoms with Gasteiger partial charge in [-0.1, -0.05) is 26.2 Å². The summed E-state index contributed by atoms with van der Waals surface area (Å²) in [6.45, 7) is 1.92. The molecule has 0 radical (unpaired) electrons. The van der Waals surface area contributed by atoms with Crippen LogP contribution in [0.15, 0.2) is 0 Å². The summed E-state index contributed by atoms with van der Waals surface area (Å²) in [6.07, 6.45) is 4.32. The molecular weight excluding hydrogens is 216 g/mol. The molecule has 1 rings (SSSR count). The van der Waals surface area contributed by atoms with E-state index in [-0.39, 0.29) is 0 Å². The normalized spacial score (nSPS) is 33.7. The van der Waals surface area contributed by atoms with Crippen molar-refractivity contribution in [2.45, 2.75) is 56.4 Å². The van der Waals surface area contributed by atoms with Gasteiger partial charge in [-0.15, -0.1) is 11.6 Å². The van der Waals surface area contributed by atoms with Crippen LogP contribution < -0.4 is 0 Å². The highest BCUT2D eigenvalue weighted by molar-refractivity contribution is 6.21. The Hall–Kier alpha value is -0.280. The van der Waals surface area contributed by atoms with Crippen LogP contribution in [0.25, 0.3) is 0 Å². The van der Waals surface area contributed by atoms with Crippen LogP contribution in [0, 0.1) is 5.92 Å². The molecule has 0 saturated heterocycles. The van der Waals surface area contributed by atoms with Gasteiger partial charge in [-0.3, -0.25) is 4.79 Å². The van der Waals surface area contributed by atoms with Crippen molar-refractivity contribution in [1.82, 2.24) is 0 Å². The van der Waals surface area contributed by atoms with E-state index < -0.39 is 22.9 Å². The summed E-state index contributed by atoms with van der Waals surface area (Å²) in [6, 6.07) is 0. The number of carbonyl (C=O) groups is 1. The first-order chi connectivity index (χ1) is 7.02. The van der Waals surface area contributed by atoms with Crippen molar-refractivity contribution < 1.29 is 15.0 Å². The van der Waals surface area contributed by atoms with Gasteiger partial charge in [-0.2, -0.15) is 0 Å². The third-order valence-electron chi connectivity index (χ3n) is 3.31. The minimum absolute atomic E-state index is 0.418. The predicted molar refractivity (Wildman–Crippen MR) is 59.1 cm³/mol. The molecule has 2 N–H and O–H groups in total. The van der Waals surface area contributed by atoms with Crippen molar-refractivity contribution in [1.29, 1.82) is 0 Å². The number of aliphatic carboxylic acids is 1. The van der Waals surface area contributed by atoms with Crippen molar-refractivity contribution in [3.63, 3.8) is 0 Å². The van der Waals surface area contributed by atoms with Crippen molar-refractivity contribution in [2.24, 2.45) is 5.92 Å². The molecule has 0 aliphatic heterocycles. The van der Waals surface area contributed by atoms with Gasteiger partial charge in [0.1, 0.15) is 0 Å². The van der Waals surface area contributed by atoms with Gasteiger partial charge in [0.25, 0.3) is 0 Å². The Kier molecular flexibility index (Phi) is 4.41. The number of hydrogen-bond donors (Lipinski definition) is 2. The number of halogens is 1. The van der Waals surface area contributed by atoms with Crippen LogP contribution >= 0.6 is 11.6 Å². The van der Waals surface area contributed by atoms with Gasteiger partial charge in [0, 0.05) is 0 Å². The van der Waals surface area contributed by atoms with E-state index in [1.807, 2.05) is 6.92 Å². The third-order valence-corrected chi connectivity index (χ3v) is 3.90. The molecule has 0 aromatic heterocycles. The van der Waals surface area contributed by atoms with Gasteiger partial charge < -0.3 is 10.2 Å². The fourth-order valence-electron chi connectivity index (χ4n) is 2.41. The molecule has 15 heavy (non-hydrogen) atoms. The van der Waals surface area contributed by atoms with Crippen LogP contribution in [0.2, 0.25) is 0 Å². The average molecular weight is 235 g/mol. The molecule has 88 valence electrons. The standard InChI is InChI=1S/C11H19ClO3/c1-2-5-8(10(13)14)11(15)7-4-3-6-9(11)12/h8-9,15H,2-7H2,1H3,(H,13,14)/t8-,9+,11+/m0/s1. The van der Waals surface area contributed by atoms with Crippen LogP contribution in [0.4, 0.5) is 0 Å². The van der Waals surface area contributed by atoms with Crippen molar-refractivity contribution in [3.8, 4) is 0 Å². The number of rotatable bonds is 4. The minimum Gasteiger partial charge on any atom is -0.481 e. The lowest BCUT2D eigenvalue weighted by Gasteiger charge is -2.40. The zero-order valence-electron chi connectivity index (χ0n) is 9.08. The molecule has 3 nitrogen and oxygen atoms in total. The fourth-order valence-corrected chi connectivity index (χ4v) is 2.82. The molecule has 0 aromatic rings. The third kappa shape index (κ3) is 2.64. The summed E-state index contributed by atoms with van der Waals surface area (Å²) in [4.78, 5) is 11.1. The molecule has 1 fully saturated rings. The zero-order chi connectivity index (χ0) is 11.5. The molecule has 4 heteroatoms. The molecule has 1 aliphatic carbocycles. The molecule has 1 aliphatic rings. The molecule has 0 bridgehead atoms. The highest BCUT2D eigenvalue weighted by Gasteiger charge is 2.47. The van der Waals surface area contributed by atoms with Gasteiger partial charge in [0.05, 0.1) is 16.9 Å². The highest BCUT2D eigenvalue weighted by Crippen LogP contribution is 2.39. The lowest BCUT2D eigenvalue weighted by Crippen LogP contribution is -2.51. The number of hydrogen-bond acceptors (Lipinski definition) is 2. The van der Waals surface area contributed by atoms with E-state index in [4.69, 9.17) is 16.7 Å². The average Bonchev–Trinajstić information content (AvgIpc) is 2.18. The Morgan fingerprint density at radius 2 is 2.27 bits per heavy atom. The van der Waals surface area contributed by atoms with E-state index in [0.29, 0.717) is 19.3 Å². The topological polar surface area (TPSA) is 57.5 Å². The quantitative estimate of drug-likeness (QED) is 0.735. The second-order valence-electron chi connectivity index (χ2n) is 4.38. The number of carboxylic acid groups (broad SMARTS) is 1. The molecule has 0 heterocycles. The zero-order valence-corrected chi connectivity index (χ0v) is 9.83. The first-order valence-electron chi connectivity index (χ1n) is 5.61. The lowest BCUT2D eigenvalue weighted by atomic mass is 9.73. The number of alkyl halides is 1. The second kappa shape index (κ2) is 5.17. The Labute approximate surface area is 95.4 Å². The van der Waals surface area contributed by atoms with Crippen molar-refractivity contribution in [3.05, 3.63) is 0 Å². The predicted octanol–water partition coefficient (Wildman–Crippen LogP) is 2.40. The van der Waals surface area contributed by atoms with Crippen LogP contribution in [-0.4, -0.2) is 27.2 Å². The Balaban J connectivity index is 2.82. The van der Waals surface area contributed by atoms with Crippen molar-refractivity contribution in [2.75, 3.05) is 0 Å². The Bertz CT molecular complexity index is 232. The number of carboxylic acids is 1. The fraction of sp³-hybridized carbons (Fsp3) is 0.909. The van der Waals surface area contributed by atoms with E-state index in [1.165, 1.54) is 0 Å². The van der Waals surface area contributed by atoms with E-state index in [1.54, 1.807) is 0 Å². The Morgan fingerprint density at radius 3 is 2.73 bits per heavy atom. The van der Waals surface area contributed by atoms with E-state index >= 15 is 0 Å². The summed E-state index contributed by atoms with van der Waals surface area (Å²) < 4.78 is 0. The van der Waals surface area contributed by atoms with E-state index in [2.05, 4.69) is 0 Å². The molecular formula is C11H19ClO3. The molecule has 0 aromatic carbocycles. The molecule has 0 amide bonds. The summed E-state index contributed by atoms with van der Waals surface area (Å²) >= 11 is 6.09. The lowest BCUT2D eigenvalue weighted by molar-refractivity contribution is -0.155. The van der Waals surface area contributed by atoms with Gasteiger partial charge in [0.2, 0.25) is 0 Å². The molecule has 1 saturated carbocycles. The maximum atomic E-state index is 11.1. The van der Waals surface area contributed by atoms with Crippen LogP contribution in [-0.2, 0) is 4.79 Å². The van der Waals surface area contributed by atoms with Crippen molar-refractivity contribution >= 4 is 17.6 Å². The second-order valence-corrected chi connectivity index (χ2v) is 4.91. The van der Waals surface area contributed by atoms with E-state index in [0.717, 1.165) is 19.3 Å². The summed E-state index contributed by atoms with van der Waals surface area (Å²) in [5, 5.41) is 19.1. The van der Waals surface area contributed by atoms with E-state index in [9.17, 15) is 9.90 Å². The monoisotopic (exact) mass is 234 g/mol. The minimum atomic E-state index is -1.21. The van der Waals surface area contributed by atoms with Gasteiger partial charge >= 0.3 is 5.97 Å². The smallest absolute Gasteiger partial charge is 0.309 e. The van der Waals surface area contributed by atoms with Crippen LogP contribution in [0.3, 0.4) is 0 Å². The highest BCUT2D eigenvalue weighted by atomic mass is 35.5. The summed E-state index contributed by atoms with van der Waals surface area (Å²) in [5.74, 6) is -1.64. The maximum Gasteiger partial charge on any atom is 0.309 e. The Morgan fingerprint density at radius 1 is 1.60 bits per heavy atom. The maximum absolute atomic E-state index is 11.1. The SMILES string of the molecule is CCC[C@@H](C(=O)O)[C@]1(O)CCCC[C@H]1Cl. The van der Waals surface area contributed by atoms with Gasteiger partial charge in [0.15, 0.2) is 0 Å². The van der Waals surface area contributed by atoms with Gasteiger partial charge in [-0.05, 0) is 19.3 Å². The largest absolute Gasteiger partial charge is 0.481 e. The first-order valence-corrected chi connectivity index (χ1v) is 6.05. The molecule has 0 unspecified atom stereocenters. The van der Waals surface area contributed by atoms with Crippen LogP contribution in [0.1, 0.15) is 45.4 Å². The van der Waals surface area contributed by atoms with Crippen LogP contribution in [0.5, 0.6) is 0 Å². The summed E-state index contributed by atoms with van der Waals surface area (Å²) in [7, 11) is 0. The molecule has 0 spiro atoms. The number of aliphatic hydroxyl groups is 1. The van der Waals surface area contributed by atoms with Gasteiger partial charge in [-0.25, -0.2) is 0 Å². The summed E-state index contributed by atoms with van der Waals surface area (Å²) in [5.41, 5.74) is -1.21. The first kappa shape index (κ1) is 12.8. The molecule has 3 atom stereocenters.